The molecule has 1 aromatic carbocycles. The van der Waals surface area contributed by atoms with E-state index < -0.39 is 11.9 Å². The van der Waals surface area contributed by atoms with Crippen molar-refractivity contribution in [3.05, 3.63) is 51.4 Å². The Hall–Kier alpha value is -2.76. The number of methoxy groups -OCH3 is 1. The molecular weight excluding hydrogens is 382 g/mol. The van der Waals surface area contributed by atoms with Crippen molar-refractivity contribution < 1.29 is 14.3 Å². The number of anilines is 1. The van der Waals surface area contributed by atoms with E-state index in [1.54, 1.807) is 0 Å². The summed E-state index contributed by atoms with van der Waals surface area (Å²) in [5.74, 6) is -0.867. The Bertz CT molecular complexity index is 942. The number of amides is 1. The monoisotopic (exact) mass is 399 g/mol. The molecule has 0 aliphatic heterocycles. The smallest absolute Gasteiger partial charge is 0.337 e. The van der Waals surface area contributed by atoms with Crippen LogP contribution in [0, 0.1) is 11.3 Å². The van der Waals surface area contributed by atoms with Crippen LogP contribution in [0.15, 0.2) is 24.3 Å². The fourth-order valence-electron chi connectivity index (χ4n) is 2.96. The zero-order chi connectivity index (χ0) is 19.4. The van der Waals surface area contributed by atoms with E-state index in [1.807, 2.05) is 0 Å². The van der Waals surface area contributed by atoms with Gasteiger partial charge in [-0.1, -0.05) is 0 Å². The number of thiophene rings is 1. The molecule has 2 aromatic rings. The largest absolute Gasteiger partial charge is 0.465 e. The zero-order valence-electron chi connectivity index (χ0n) is 14.6. The molecule has 2 N–H and O–H groups in total. The van der Waals surface area contributed by atoms with Crippen molar-refractivity contribution in [2.75, 3.05) is 12.4 Å². The van der Waals surface area contributed by atoms with E-state index >= 15 is 0 Å². The molecule has 0 saturated heterocycles. The van der Waals surface area contributed by atoms with Crippen molar-refractivity contribution in [2.45, 2.75) is 25.7 Å². The maximum absolute atomic E-state index is 12.3. The number of aryl methyl sites for hydroxylation is 1. The van der Waals surface area contributed by atoms with Crippen LogP contribution >= 0.6 is 23.6 Å². The molecule has 1 aliphatic carbocycles. The van der Waals surface area contributed by atoms with Crippen molar-refractivity contribution in [2.24, 2.45) is 0 Å². The molecule has 0 fully saturated rings. The summed E-state index contributed by atoms with van der Waals surface area (Å²) in [7, 11) is 1.30. The summed E-state index contributed by atoms with van der Waals surface area (Å²) in [5, 5.41) is 15.9. The third kappa shape index (κ3) is 4.15. The van der Waals surface area contributed by atoms with Crippen LogP contribution in [0.4, 0.5) is 5.00 Å². The highest BCUT2D eigenvalue weighted by Gasteiger charge is 2.21. The molecule has 1 heterocycles. The quantitative estimate of drug-likeness (QED) is 0.607. The fraction of sp³-hybridized carbons (Fsp3) is 0.263. The first-order chi connectivity index (χ1) is 13.0. The lowest BCUT2D eigenvalue weighted by molar-refractivity contribution is 0.0600. The van der Waals surface area contributed by atoms with E-state index in [4.69, 9.17) is 12.2 Å². The number of hydrogen-bond donors (Lipinski definition) is 2. The molecule has 0 unspecified atom stereocenters. The molecule has 0 atom stereocenters. The molecule has 8 heteroatoms. The lowest BCUT2D eigenvalue weighted by Gasteiger charge is -2.10. The fourth-order valence-corrected chi connectivity index (χ4v) is 4.46. The van der Waals surface area contributed by atoms with E-state index in [0.29, 0.717) is 21.7 Å². The number of carbonyl (C=O) groups is 2. The van der Waals surface area contributed by atoms with Crippen LogP contribution in [0.5, 0.6) is 0 Å². The first-order valence-electron chi connectivity index (χ1n) is 8.39. The molecule has 1 aromatic heterocycles. The first-order valence-corrected chi connectivity index (χ1v) is 9.61. The van der Waals surface area contributed by atoms with Gasteiger partial charge < -0.3 is 10.1 Å². The highest BCUT2D eigenvalue weighted by atomic mass is 32.1. The molecular formula is C19H17N3O3S2. The Kier molecular flexibility index (Phi) is 5.84. The molecule has 138 valence electrons. The van der Waals surface area contributed by atoms with Gasteiger partial charge in [0.2, 0.25) is 0 Å². The summed E-state index contributed by atoms with van der Waals surface area (Å²) in [6, 6.07) is 8.32. The average Bonchev–Trinajstić information content (AvgIpc) is 3.04. The Morgan fingerprint density at radius 1 is 1.19 bits per heavy atom. The van der Waals surface area contributed by atoms with Crippen molar-refractivity contribution >= 4 is 45.5 Å². The molecule has 27 heavy (non-hydrogen) atoms. The standard InChI is InChI=1S/C19H17N3O3S2/c1-25-18(24)12-8-6-11(7-9-12)16(23)21-19(26)22-17-14(10-20)13-4-2-3-5-15(13)27-17/h6-9H,2-5H2,1H3,(H2,21,22,23,26). The van der Waals surface area contributed by atoms with Crippen molar-refractivity contribution in [3.8, 4) is 6.07 Å². The molecule has 1 aliphatic rings. The minimum Gasteiger partial charge on any atom is -0.465 e. The number of carbonyl (C=O) groups excluding carboxylic acids is 2. The highest BCUT2D eigenvalue weighted by molar-refractivity contribution is 7.80. The van der Waals surface area contributed by atoms with E-state index in [1.165, 1.54) is 47.6 Å². The highest BCUT2D eigenvalue weighted by Crippen LogP contribution is 2.37. The van der Waals surface area contributed by atoms with Gasteiger partial charge in [-0.2, -0.15) is 5.26 Å². The SMILES string of the molecule is COC(=O)c1ccc(C(=O)NC(=S)Nc2sc3c(c2C#N)CCCC3)cc1. The third-order valence-corrected chi connectivity index (χ3v) is 5.72. The summed E-state index contributed by atoms with van der Waals surface area (Å²) in [6.07, 6.45) is 4.09. The lowest BCUT2D eigenvalue weighted by Crippen LogP contribution is -2.34. The minimum absolute atomic E-state index is 0.132. The number of nitriles is 1. The van der Waals surface area contributed by atoms with Crippen LogP contribution in [-0.4, -0.2) is 24.1 Å². The van der Waals surface area contributed by atoms with Gasteiger partial charge >= 0.3 is 5.97 Å². The second-order valence-corrected chi connectivity index (χ2v) is 7.52. The summed E-state index contributed by atoms with van der Waals surface area (Å²) in [6.45, 7) is 0. The Morgan fingerprint density at radius 2 is 1.85 bits per heavy atom. The Balaban J connectivity index is 1.67. The average molecular weight is 399 g/mol. The minimum atomic E-state index is -0.468. The van der Waals surface area contributed by atoms with E-state index in [0.717, 1.165) is 31.2 Å². The van der Waals surface area contributed by atoms with Crippen molar-refractivity contribution in [1.29, 1.82) is 5.26 Å². The lowest BCUT2D eigenvalue weighted by atomic mass is 9.96. The summed E-state index contributed by atoms with van der Waals surface area (Å²) >= 11 is 6.75. The topological polar surface area (TPSA) is 91.2 Å². The van der Waals surface area contributed by atoms with Crippen molar-refractivity contribution in [1.82, 2.24) is 5.32 Å². The van der Waals surface area contributed by atoms with Crippen LogP contribution < -0.4 is 10.6 Å². The van der Waals surface area contributed by atoms with Gasteiger partial charge in [-0.25, -0.2) is 4.79 Å². The Morgan fingerprint density at radius 3 is 2.52 bits per heavy atom. The molecule has 1 amide bonds. The van der Waals surface area contributed by atoms with Crippen LogP contribution in [0.1, 0.15) is 49.6 Å². The maximum Gasteiger partial charge on any atom is 0.337 e. The van der Waals surface area contributed by atoms with Gasteiger partial charge in [0, 0.05) is 10.4 Å². The second kappa shape index (κ2) is 8.29. The van der Waals surface area contributed by atoms with Crippen molar-refractivity contribution in [3.63, 3.8) is 0 Å². The number of esters is 1. The normalized spacial score (nSPS) is 12.4. The Labute approximate surface area is 166 Å². The predicted molar refractivity (Wildman–Crippen MR) is 107 cm³/mol. The van der Waals surface area contributed by atoms with Gasteiger partial charge in [-0.05, 0) is 67.7 Å². The van der Waals surface area contributed by atoms with Crippen LogP contribution in [0.25, 0.3) is 0 Å². The molecule has 3 rings (SSSR count). The number of benzene rings is 1. The van der Waals surface area contributed by atoms with Gasteiger partial charge in [-0.3, -0.25) is 10.1 Å². The van der Waals surface area contributed by atoms with Crippen LogP contribution in [-0.2, 0) is 17.6 Å². The van der Waals surface area contributed by atoms with E-state index in [9.17, 15) is 14.9 Å². The number of thiocarbonyl (C=S) groups is 1. The summed E-state index contributed by atoms with van der Waals surface area (Å²) in [5.41, 5.74) is 2.44. The molecule has 0 spiro atoms. The van der Waals surface area contributed by atoms with Gasteiger partial charge in [-0.15, -0.1) is 11.3 Å². The van der Waals surface area contributed by atoms with Gasteiger partial charge in [0.1, 0.15) is 11.1 Å². The number of hydrogen-bond acceptors (Lipinski definition) is 6. The van der Waals surface area contributed by atoms with Gasteiger partial charge in [0.15, 0.2) is 5.11 Å². The number of nitrogens with one attached hydrogen (secondary N) is 2. The number of fused-ring (bicyclic) bond motifs is 1. The van der Waals surface area contributed by atoms with Crippen LogP contribution in [0.3, 0.4) is 0 Å². The van der Waals surface area contributed by atoms with E-state index in [2.05, 4.69) is 21.4 Å². The van der Waals surface area contributed by atoms with Crippen LogP contribution in [0.2, 0.25) is 0 Å². The maximum atomic E-state index is 12.3. The molecule has 0 saturated carbocycles. The molecule has 6 nitrogen and oxygen atoms in total. The van der Waals surface area contributed by atoms with Gasteiger partial charge in [0.25, 0.3) is 5.91 Å². The van der Waals surface area contributed by atoms with Gasteiger partial charge in [0.05, 0.1) is 18.2 Å². The summed E-state index contributed by atoms with van der Waals surface area (Å²) < 4.78 is 4.63. The van der Waals surface area contributed by atoms with E-state index in [-0.39, 0.29) is 5.11 Å². The number of rotatable bonds is 3. The molecule has 0 radical (unpaired) electrons. The second-order valence-electron chi connectivity index (χ2n) is 6.00. The third-order valence-electron chi connectivity index (χ3n) is 4.31. The number of ether oxygens (including phenoxy) is 1. The zero-order valence-corrected chi connectivity index (χ0v) is 16.3. The first kappa shape index (κ1) is 19.0. The number of nitrogens with zero attached hydrogens (tertiary/aromatic N) is 1. The molecule has 0 bridgehead atoms. The predicted octanol–water partition coefficient (Wildman–Crippen LogP) is 3.41. The summed E-state index contributed by atoms with van der Waals surface area (Å²) in [4.78, 5) is 25.0.